The molecule has 0 heterocycles. The molecule has 2 saturated carbocycles. The molecule has 0 aromatic carbocycles. The van der Waals surface area contributed by atoms with Crippen LogP contribution in [0.5, 0.6) is 0 Å². The highest BCUT2D eigenvalue weighted by Crippen LogP contribution is 2.44. The fourth-order valence-electron chi connectivity index (χ4n) is 3.12. The largest absolute Gasteiger partial charge is 0.385 e. The van der Waals surface area contributed by atoms with E-state index in [0.717, 1.165) is 12.3 Å². The minimum absolute atomic E-state index is 0.189. The van der Waals surface area contributed by atoms with Gasteiger partial charge in [-0.1, -0.05) is 32.1 Å². The summed E-state index contributed by atoms with van der Waals surface area (Å²) < 4.78 is 31.4. The van der Waals surface area contributed by atoms with E-state index in [1.807, 2.05) is 0 Å². The molecule has 5 heteroatoms. The molecule has 2 fully saturated rings. The summed E-state index contributed by atoms with van der Waals surface area (Å²) in [4.78, 5) is 0. The molecule has 0 radical (unpaired) electrons. The summed E-state index contributed by atoms with van der Waals surface area (Å²) in [6, 6.07) is 0.223. The van der Waals surface area contributed by atoms with Gasteiger partial charge >= 0.3 is 0 Å². The van der Waals surface area contributed by atoms with Gasteiger partial charge in [-0.3, -0.25) is 0 Å². The predicted molar refractivity (Wildman–Crippen MR) is 71.9 cm³/mol. The lowest BCUT2D eigenvalue weighted by Crippen LogP contribution is -2.31. The van der Waals surface area contributed by atoms with Crippen molar-refractivity contribution >= 4 is 10.0 Å². The van der Waals surface area contributed by atoms with Gasteiger partial charge in [0.15, 0.2) is 0 Å². The minimum Gasteiger partial charge on any atom is -0.385 e. The molecule has 106 valence electrons. The van der Waals surface area contributed by atoms with Crippen molar-refractivity contribution < 1.29 is 13.2 Å². The second-order valence-corrected chi connectivity index (χ2v) is 7.56. The van der Waals surface area contributed by atoms with Gasteiger partial charge in [-0.05, 0) is 24.7 Å². The molecule has 0 saturated heterocycles. The van der Waals surface area contributed by atoms with Crippen molar-refractivity contribution in [3.05, 3.63) is 0 Å². The van der Waals surface area contributed by atoms with Crippen LogP contribution in [-0.2, 0) is 14.8 Å². The smallest absolute Gasteiger partial charge is 0.211 e. The lowest BCUT2D eigenvalue weighted by molar-refractivity contribution is 0.199. The first-order valence-corrected chi connectivity index (χ1v) is 8.76. The van der Waals surface area contributed by atoms with Crippen LogP contribution in [0.1, 0.15) is 44.9 Å². The molecule has 0 unspecified atom stereocenters. The third-order valence-corrected chi connectivity index (χ3v) is 5.68. The Kier molecular flexibility index (Phi) is 5.04. The van der Waals surface area contributed by atoms with Crippen molar-refractivity contribution in [2.24, 2.45) is 11.8 Å². The molecule has 0 spiro atoms. The van der Waals surface area contributed by atoms with Crippen LogP contribution in [0.25, 0.3) is 0 Å². The summed E-state index contributed by atoms with van der Waals surface area (Å²) in [6.07, 6.45) is 8.24. The molecule has 1 N–H and O–H groups in total. The number of methoxy groups -OCH3 is 1. The molecule has 0 bridgehead atoms. The van der Waals surface area contributed by atoms with Gasteiger partial charge in [0.2, 0.25) is 10.0 Å². The Bertz CT molecular complexity index is 349. The second-order valence-electron chi connectivity index (χ2n) is 5.69. The Hall–Kier alpha value is -0.130. The molecule has 4 nitrogen and oxygen atoms in total. The van der Waals surface area contributed by atoms with Gasteiger partial charge in [-0.25, -0.2) is 13.1 Å². The molecule has 0 aliphatic heterocycles. The zero-order valence-electron chi connectivity index (χ0n) is 11.2. The van der Waals surface area contributed by atoms with Gasteiger partial charge < -0.3 is 4.74 Å². The summed E-state index contributed by atoms with van der Waals surface area (Å²) in [7, 11) is -1.49. The summed E-state index contributed by atoms with van der Waals surface area (Å²) in [5, 5.41) is 0. The quantitative estimate of drug-likeness (QED) is 0.722. The van der Waals surface area contributed by atoms with Crippen LogP contribution in [-0.4, -0.2) is 33.9 Å². The molecular weight excluding hydrogens is 250 g/mol. The van der Waals surface area contributed by atoms with Gasteiger partial charge in [0.05, 0.1) is 5.75 Å². The molecule has 2 aliphatic carbocycles. The van der Waals surface area contributed by atoms with Crippen LogP contribution >= 0.6 is 0 Å². The summed E-state index contributed by atoms with van der Waals surface area (Å²) in [6.45, 7) is 0.512. The fraction of sp³-hybridized carbons (Fsp3) is 1.00. The Labute approximate surface area is 111 Å². The van der Waals surface area contributed by atoms with Crippen LogP contribution in [0.4, 0.5) is 0 Å². The lowest BCUT2D eigenvalue weighted by atomic mass is 9.86. The molecule has 0 aromatic heterocycles. The highest BCUT2D eigenvalue weighted by Gasteiger charge is 2.44. The first kappa shape index (κ1) is 14.3. The fourth-order valence-corrected chi connectivity index (χ4v) is 4.46. The van der Waals surface area contributed by atoms with Crippen molar-refractivity contribution in [3.8, 4) is 0 Å². The summed E-state index contributed by atoms with van der Waals surface area (Å²) in [5.74, 6) is 1.57. The monoisotopic (exact) mass is 275 g/mol. The maximum Gasteiger partial charge on any atom is 0.211 e. The maximum atomic E-state index is 11.8. The number of rotatable bonds is 7. The number of hydrogen-bond donors (Lipinski definition) is 1. The Morgan fingerprint density at radius 3 is 2.61 bits per heavy atom. The predicted octanol–water partition coefficient (Wildman–Crippen LogP) is 1.91. The summed E-state index contributed by atoms with van der Waals surface area (Å²) in [5.41, 5.74) is 0. The number of nitrogens with one attached hydrogen (secondary N) is 1. The van der Waals surface area contributed by atoms with E-state index in [-0.39, 0.29) is 11.8 Å². The third kappa shape index (κ3) is 4.21. The van der Waals surface area contributed by atoms with E-state index in [1.54, 1.807) is 7.11 Å². The molecular formula is C13H25NO3S. The summed E-state index contributed by atoms with van der Waals surface area (Å²) >= 11 is 0. The third-order valence-electron chi connectivity index (χ3n) is 4.19. The van der Waals surface area contributed by atoms with E-state index >= 15 is 0 Å². The van der Waals surface area contributed by atoms with Crippen molar-refractivity contribution in [2.45, 2.75) is 51.0 Å². The van der Waals surface area contributed by atoms with Crippen molar-refractivity contribution in [1.29, 1.82) is 0 Å². The molecule has 2 rings (SSSR count). The lowest BCUT2D eigenvalue weighted by Gasteiger charge is -2.21. The molecule has 0 amide bonds. The van der Waals surface area contributed by atoms with E-state index in [2.05, 4.69) is 4.72 Å². The van der Waals surface area contributed by atoms with Gasteiger partial charge in [0.25, 0.3) is 0 Å². The number of ether oxygens (including phenoxy) is 1. The number of hydrogen-bond acceptors (Lipinski definition) is 3. The van der Waals surface area contributed by atoms with Crippen molar-refractivity contribution in [1.82, 2.24) is 4.72 Å². The number of sulfonamides is 1. The standard InChI is InChI=1S/C13H25NO3S/c1-17-8-5-9-18(15,16)14-13-10-12(13)11-6-3-2-4-7-11/h11-14H,2-10H2,1H3/t12-,13-/m1/s1. The molecule has 18 heavy (non-hydrogen) atoms. The zero-order chi connectivity index (χ0) is 13.0. The van der Waals surface area contributed by atoms with E-state index < -0.39 is 10.0 Å². The highest BCUT2D eigenvalue weighted by atomic mass is 32.2. The van der Waals surface area contributed by atoms with Crippen LogP contribution in [0, 0.1) is 11.8 Å². The van der Waals surface area contributed by atoms with E-state index in [1.165, 1.54) is 32.1 Å². The van der Waals surface area contributed by atoms with Gasteiger partial charge in [0, 0.05) is 19.8 Å². The van der Waals surface area contributed by atoms with Crippen molar-refractivity contribution in [3.63, 3.8) is 0 Å². The van der Waals surface area contributed by atoms with Crippen molar-refractivity contribution in [2.75, 3.05) is 19.5 Å². The van der Waals surface area contributed by atoms with E-state index in [9.17, 15) is 8.42 Å². The van der Waals surface area contributed by atoms with Crippen LogP contribution in [0.15, 0.2) is 0 Å². The van der Waals surface area contributed by atoms with E-state index in [4.69, 9.17) is 4.74 Å². The maximum absolute atomic E-state index is 11.8. The first-order valence-electron chi connectivity index (χ1n) is 7.11. The zero-order valence-corrected chi connectivity index (χ0v) is 12.0. The highest BCUT2D eigenvalue weighted by molar-refractivity contribution is 7.89. The Morgan fingerprint density at radius 2 is 1.94 bits per heavy atom. The average molecular weight is 275 g/mol. The van der Waals surface area contributed by atoms with Gasteiger partial charge in [-0.15, -0.1) is 0 Å². The molecule has 0 aromatic rings. The topological polar surface area (TPSA) is 55.4 Å². The Balaban J connectivity index is 1.71. The van der Waals surface area contributed by atoms with Gasteiger partial charge in [-0.2, -0.15) is 0 Å². The van der Waals surface area contributed by atoms with Gasteiger partial charge in [0.1, 0.15) is 0 Å². The van der Waals surface area contributed by atoms with E-state index in [0.29, 0.717) is 18.9 Å². The molecule has 2 atom stereocenters. The second kappa shape index (κ2) is 6.35. The SMILES string of the molecule is COCCCS(=O)(=O)N[C@@H]1C[C@@H]1C1CCCCC1. The normalized spacial score (nSPS) is 29.4. The van der Waals surface area contributed by atoms with Crippen LogP contribution < -0.4 is 4.72 Å². The molecule has 2 aliphatic rings. The van der Waals surface area contributed by atoms with Crippen LogP contribution in [0.2, 0.25) is 0 Å². The minimum atomic E-state index is -3.09. The average Bonchev–Trinajstić information content (AvgIpc) is 3.09. The van der Waals surface area contributed by atoms with Crippen LogP contribution in [0.3, 0.4) is 0 Å². The Morgan fingerprint density at radius 1 is 1.22 bits per heavy atom. The first-order chi connectivity index (χ1) is 8.62.